The van der Waals surface area contributed by atoms with E-state index in [1.54, 1.807) is 0 Å². The van der Waals surface area contributed by atoms with E-state index < -0.39 is 17.6 Å². The van der Waals surface area contributed by atoms with Crippen molar-refractivity contribution in [2.75, 3.05) is 0 Å². The zero-order chi connectivity index (χ0) is 10.9. The monoisotopic (exact) mass is 334 g/mol. The summed E-state index contributed by atoms with van der Waals surface area (Å²) >= 11 is 5.77. The summed E-state index contributed by atoms with van der Waals surface area (Å²) < 4.78 is 49.7. The highest BCUT2D eigenvalue weighted by atomic mass is 79.9. The van der Waals surface area contributed by atoms with Crippen LogP contribution in [-0.4, -0.2) is 0 Å². The predicted molar refractivity (Wildman–Crippen MR) is 51.7 cm³/mol. The third-order valence-electron chi connectivity index (χ3n) is 1.56. The molecule has 0 bridgehead atoms. The number of benzene rings is 1. The van der Waals surface area contributed by atoms with Crippen LogP contribution in [0.3, 0.4) is 0 Å². The SMILES string of the molecule is Fc1cc(CBr)c(Br)c(C(F)(F)F)c1. The largest absolute Gasteiger partial charge is 0.417 e. The van der Waals surface area contributed by atoms with Gasteiger partial charge >= 0.3 is 6.18 Å². The molecule has 0 heterocycles. The van der Waals surface area contributed by atoms with Crippen molar-refractivity contribution in [3.63, 3.8) is 0 Å². The molecule has 0 aliphatic rings. The van der Waals surface area contributed by atoms with Crippen molar-refractivity contribution < 1.29 is 17.6 Å². The van der Waals surface area contributed by atoms with Crippen molar-refractivity contribution in [2.24, 2.45) is 0 Å². The van der Waals surface area contributed by atoms with Crippen LogP contribution in [0.1, 0.15) is 11.1 Å². The van der Waals surface area contributed by atoms with Gasteiger partial charge in [0.1, 0.15) is 5.82 Å². The van der Waals surface area contributed by atoms with Crippen LogP contribution in [0.15, 0.2) is 16.6 Å². The molecular weight excluding hydrogens is 332 g/mol. The summed E-state index contributed by atoms with van der Waals surface area (Å²) in [4.78, 5) is 0. The topological polar surface area (TPSA) is 0 Å². The summed E-state index contributed by atoms with van der Waals surface area (Å²) in [7, 11) is 0. The first-order valence-electron chi connectivity index (χ1n) is 3.47. The summed E-state index contributed by atoms with van der Waals surface area (Å²) in [5, 5.41) is 0.161. The van der Waals surface area contributed by atoms with Crippen molar-refractivity contribution >= 4 is 31.9 Å². The van der Waals surface area contributed by atoms with Gasteiger partial charge in [0, 0.05) is 9.80 Å². The van der Waals surface area contributed by atoms with Crippen molar-refractivity contribution in [1.29, 1.82) is 0 Å². The van der Waals surface area contributed by atoms with E-state index in [9.17, 15) is 17.6 Å². The predicted octanol–water partition coefficient (Wildman–Crippen LogP) is 4.50. The fraction of sp³-hybridized carbons (Fsp3) is 0.250. The quantitative estimate of drug-likeness (QED) is 0.523. The van der Waals surface area contributed by atoms with E-state index in [1.165, 1.54) is 0 Å². The van der Waals surface area contributed by atoms with Crippen LogP contribution in [0.2, 0.25) is 0 Å². The lowest BCUT2D eigenvalue weighted by atomic mass is 10.1. The van der Waals surface area contributed by atoms with Gasteiger partial charge < -0.3 is 0 Å². The van der Waals surface area contributed by atoms with Gasteiger partial charge in [0.05, 0.1) is 5.56 Å². The fourth-order valence-corrected chi connectivity index (χ4v) is 2.36. The molecule has 0 nitrogen and oxygen atoms in total. The smallest absolute Gasteiger partial charge is 0.207 e. The van der Waals surface area contributed by atoms with E-state index in [-0.39, 0.29) is 15.4 Å². The molecule has 1 rings (SSSR count). The van der Waals surface area contributed by atoms with E-state index in [2.05, 4.69) is 31.9 Å². The third-order valence-corrected chi connectivity index (χ3v) is 3.10. The fourth-order valence-electron chi connectivity index (χ4n) is 0.949. The number of hydrogen-bond donors (Lipinski definition) is 0. The maximum absolute atomic E-state index is 12.8. The highest BCUT2D eigenvalue weighted by Crippen LogP contribution is 2.37. The summed E-state index contributed by atoms with van der Waals surface area (Å²) in [6.07, 6.45) is -4.54. The number of halogens is 6. The van der Waals surface area contributed by atoms with E-state index in [0.29, 0.717) is 6.07 Å². The van der Waals surface area contributed by atoms with Crippen LogP contribution in [0.5, 0.6) is 0 Å². The molecule has 6 heteroatoms. The van der Waals surface area contributed by atoms with Gasteiger partial charge in [0.15, 0.2) is 0 Å². The van der Waals surface area contributed by atoms with Crippen LogP contribution in [0, 0.1) is 5.82 Å². The minimum Gasteiger partial charge on any atom is -0.207 e. The molecule has 0 saturated heterocycles. The molecule has 78 valence electrons. The molecule has 14 heavy (non-hydrogen) atoms. The first-order valence-corrected chi connectivity index (χ1v) is 5.38. The number of hydrogen-bond acceptors (Lipinski definition) is 0. The second kappa shape index (κ2) is 4.18. The maximum atomic E-state index is 12.8. The minimum atomic E-state index is -4.54. The van der Waals surface area contributed by atoms with Crippen molar-refractivity contribution in [3.05, 3.63) is 33.5 Å². The minimum absolute atomic E-state index is 0.122. The summed E-state index contributed by atoms with van der Waals surface area (Å²) in [5.74, 6) is -0.894. The highest BCUT2D eigenvalue weighted by Gasteiger charge is 2.34. The van der Waals surface area contributed by atoms with E-state index in [1.807, 2.05) is 0 Å². The summed E-state index contributed by atoms with van der Waals surface area (Å²) in [6.45, 7) is 0. The van der Waals surface area contributed by atoms with Gasteiger partial charge in [-0.05, 0) is 33.6 Å². The molecule has 0 atom stereocenters. The molecule has 0 aromatic heterocycles. The third kappa shape index (κ3) is 2.48. The van der Waals surface area contributed by atoms with Gasteiger partial charge in [-0.25, -0.2) is 4.39 Å². The van der Waals surface area contributed by atoms with Crippen LogP contribution in [-0.2, 0) is 11.5 Å². The molecule has 0 spiro atoms. The number of rotatable bonds is 1. The molecular formula is C8H4Br2F4. The molecule has 0 fully saturated rings. The van der Waals surface area contributed by atoms with E-state index >= 15 is 0 Å². The van der Waals surface area contributed by atoms with Gasteiger partial charge in [0.25, 0.3) is 0 Å². The van der Waals surface area contributed by atoms with Gasteiger partial charge in [-0.3, -0.25) is 0 Å². The van der Waals surface area contributed by atoms with Gasteiger partial charge in [-0.2, -0.15) is 13.2 Å². The molecule has 1 aromatic carbocycles. The normalized spacial score (nSPS) is 11.9. The average molecular weight is 336 g/mol. The van der Waals surface area contributed by atoms with Crippen LogP contribution in [0.4, 0.5) is 17.6 Å². The lowest BCUT2D eigenvalue weighted by Crippen LogP contribution is -2.08. The van der Waals surface area contributed by atoms with Gasteiger partial charge in [0.2, 0.25) is 0 Å². The molecule has 0 aliphatic carbocycles. The Balaban J connectivity index is 3.37. The molecule has 0 radical (unpaired) electrons. The number of alkyl halides is 4. The first-order chi connectivity index (χ1) is 6.36. The van der Waals surface area contributed by atoms with E-state index in [4.69, 9.17) is 0 Å². The lowest BCUT2D eigenvalue weighted by molar-refractivity contribution is -0.138. The molecule has 0 aliphatic heterocycles. The average Bonchev–Trinajstić information content (AvgIpc) is 2.06. The molecule has 0 saturated carbocycles. The van der Waals surface area contributed by atoms with Crippen molar-refractivity contribution in [3.8, 4) is 0 Å². The van der Waals surface area contributed by atoms with Crippen molar-refractivity contribution in [1.82, 2.24) is 0 Å². The Kier molecular flexibility index (Phi) is 3.58. The zero-order valence-electron chi connectivity index (χ0n) is 6.63. The van der Waals surface area contributed by atoms with Crippen LogP contribution < -0.4 is 0 Å². The Hall–Kier alpha value is -0.100. The Morgan fingerprint density at radius 3 is 2.21 bits per heavy atom. The van der Waals surface area contributed by atoms with Crippen molar-refractivity contribution in [2.45, 2.75) is 11.5 Å². The first kappa shape index (κ1) is 12.0. The standard InChI is InChI=1S/C8H4Br2F4/c9-3-4-1-5(11)2-6(7(4)10)8(12,13)14/h1-2H,3H2. The second-order valence-electron chi connectivity index (χ2n) is 2.56. The molecule has 0 amide bonds. The molecule has 0 unspecified atom stereocenters. The van der Waals surface area contributed by atoms with Gasteiger partial charge in [-0.1, -0.05) is 15.9 Å². The molecule has 1 aromatic rings. The molecule has 0 N–H and O–H groups in total. The Morgan fingerprint density at radius 1 is 1.21 bits per heavy atom. The highest BCUT2D eigenvalue weighted by molar-refractivity contribution is 9.10. The second-order valence-corrected chi connectivity index (χ2v) is 3.91. The Morgan fingerprint density at radius 2 is 1.79 bits per heavy atom. The van der Waals surface area contributed by atoms with Crippen LogP contribution in [0.25, 0.3) is 0 Å². The summed E-state index contributed by atoms with van der Waals surface area (Å²) in [5.41, 5.74) is -0.760. The maximum Gasteiger partial charge on any atom is 0.417 e. The Bertz CT molecular complexity index is 346. The zero-order valence-corrected chi connectivity index (χ0v) is 9.80. The van der Waals surface area contributed by atoms with Crippen LogP contribution >= 0.6 is 31.9 Å². The Labute approximate surface area is 94.6 Å². The summed E-state index contributed by atoms with van der Waals surface area (Å²) in [6, 6.07) is 1.52. The van der Waals surface area contributed by atoms with E-state index in [0.717, 1.165) is 6.07 Å². The van der Waals surface area contributed by atoms with Gasteiger partial charge in [-0.15, -0.1) is 0 Å². The lowest BCUT2D eigenvalue weighted by Gasteiger charge is -2.11.